The van der Waals surface area contributed by atoms with Gasteiger partial charge in [0.25, 0.3) is 10.0 Å². The van der Waals surface area contributed by atoms with Crippen molar-refractivity contribution in [3.63, 3.8) is 0 Å². The third kappa shape index (κ3) is 3.97. The number of methoxy groups -OCH3 is 2. The number of rotatable bonds is 7. The molecule has 0 unspecified atom stereocenters. The van der Waals surface area contributed by atoms with Crippen molar-refractivity contribution in [3.8, 4) is 5.75 Å². The molecule has 1 rings (SSSR count). The van der Waals surface area contributed by atoms with Gasteiger partial charge in [0.15, 0.2) is 0 Å². The zero-order chi connectivity index (χ0) is 12.7. The highest BCUT2D eigenvalue weighted by Gasteiger charge is 2.18. The molecule has 0 amide bonds. The van der Waals surface area contributed by atoms with Crippen molar-refractivity contribution in [2.75, 3.05) is 27.4 Å². The van der Waals surface area contributed by atoms with Crippen molar-refractivity contribution in [2.24, 2.45) is 0 Å². The van der Waals surface area contributed by atoms with Crippen molar-refractivity contribution >= 4 is 10.0 Å². The quantitative estimate of drug-likeness (QED) is 0.573. The summed E-state index contributed by atoms with van der Waals surface area (Å²) in [4.78, 5) is 6.80. The highest BCUT2D eigenvalue weighted by molar-refractivity contribution is 7.89. The standard InChI is InChI=1S/C10H15NO5S/c1-14-7-8-16-11-17(12,13)10-6-4-3-5-9(10)15-2/h3-6,11H,7-8H2,1-2H3. The molecule has 0 atom stereocenters. The van der Waals surface area contributed by atoms with Crippen LogP contribution in [0.4, 0.5) is 0 Å². The summed E-state index contributed by atoms with van der Waals surface area (Å²) >= 11 is 0. The monoisotopic (exact) mass is 261 g/mol. The van der Waals surface area contributed by atoms with Crippen molar-refractivity contribution in [2.45, 2.75) is 4.90 Å². The van der Waals surface area contributed by atoms with Crippen LogP contribution in [0.15, 0.2) is 29.2 Å². The molecule has 0 saturated heterocycles. The Labute approximate surface area is 100 Å². The Morgan fingerprint density at radius 1 is 1.18 bits per heavy atom. The van der Waals surface area contributed by atoms with Crippen LogP contribution < -0.4 is 9.62 Å². The van der Waals surface area contributed by atoms with Gasteiger partial charge in [-0.3, -0.25) is 4.84 Å². The fourth-order valence-electron chi connectivity index (χ4n) is 1.13. The Morgan fingerprint density at radius 3 is 2.53 bits per heavy atom. The normalized spacial score (nSPS) is 11.4. The lowest BCUT2D eigenvalue weighted by Gasteiger charge is -2.10. The lowest BCUT2D eigenvalue weighted by Crippen LogP contribution is -2.26. The van der Waals surface area contributed by atoms with Crippen molar-refractivity contribution in [1.82, 2.24) is 4.89 Å². The van der Waals surface area contributed by atoms with E-state index < -0.39 is 10.0 Å². The molecule has 0 aromatic heterocycles. The Hall–Kier alpha value is -1.15. The number of ether oxygens (including phenoxy) is 2. The van der Waals surface area contributed by atoms with Crippen LogP contribution in [0.5, 0.6) is 5.75 Å². The molecule has 0 bridgehead atoms. The van der Waals surface area contributed by atoms with Gasteiger partial charge in [0, 0.05) is 7.11 Å². The lowest BCUT2D eigenvalue weighted by molar-refractivity contribution is 0.0438. The van der Waals surface area contributed by atoms with Crippen molar-refractivity contribution < 1.29 is 22.7 Å². The molecule has 6 nitrogen and oxygen atoms in total. The molecule has 17 heavy (non-hydrogen) atoms. The number of hydrogen-bond acceptors (Lipinski definition) is 5. The first-order valence-electron chi connectivity index (χ1n) is 4.87. The maximum atomic E-state index is 11.8. The van der Waals surface area contributed by atoms with Gasteiger partial charge in [0.2, 0.25) is 0 Å². The summed E-state index contributed by atoms with van der Waals surface area (Å²) in [6.45, 7) is 0.430. The molecule has 0 radical (unpaired) electrons. The first-order valence-corrected chi connectivity index (χ1v) is 6.35. The number of nitrogens with one attached hydrogen (secondary N) is 1. The van der Waals surface area contributed by atoms with Gasteiger partial charge < -0.3 is 9.47 Å². The van der Waals surface area contributed by atoms with Crippen LogP contribution in [0.3, 0.4) is 0 Å². The maximum Gasteiger partial charge on any atom is 0.266 e. The zero-order valence-electron chi connectivity index (χ0n) is 9.67. The third-order valence-electron chi connectivity index (χ3n) is 1.92. The van der Waals surface area contributed by atoms with Crippen LogP contribution in [-0.4, -0.2) is 35.9 Å². The summed E-state index contributed by atoms with van der Waals surface area (Å²) in [5.74, 6) is 0.260. The van der Waals surface area contributed by atoms with E-state index in [2.05, 4.69) is 0 Å². The molecule has 7 heteroatoms. The largest absolute Gasteiger partial charge is 0.495 e. The van der Waals surface area contributed by atoms with E-state index in [1.807, 2.05) is 4.89 Å². The number of benzene rings is 1. The summed E-state index contributed by atoms with van der Waals surface area (Å²) in [5, 5.41) is 0. The van der Waals surface area contributed by atoms with Gasteiger partial charge in [-0.1, -0.05) is 17.0 Å². The minimum atomic E-state index is -3.74. The SMILES string of the molecule is COCCONS(=O)(=O)c1ccccc1OC. The van der Waals surface area contributed by atoms with Crippen LogP contribution in [0.1, 0.15) is 0 Å². The Kier molecular flexibility index (Phi) is 5.36. The molecule has 0 aliphatic rings. The Balaban J connectivity index is 2.75. The highest BCUT2D eigenvalue weighted by Crippen LogP contribution is 2.22. The van der Waals surface area contributed by atoms with E-state index in [1.165, 1.54) is 20.3 Å². The van der Waals surface area contributed by atoms with E-state index in [1.54, 1.807) is 18.2 Å². The molecule has 96 valence electrons. The summed E-state index contributed by atoms with van der Waals surface area (Å²) in [6.07, 6.45) is 0. The van der Waals surface area contributed by atoms with Crippen molar-refractivity contribution in [3.05, 3.63) is 24.3 Å². The van der Waals surface area contributed by atoms with Gasteiger partial charge in [-0.15, -0.1) is 0 Å². The van der Waals surface area contributed by atoms with Gasteiger partial charge in [0.05, 0.1) is 20.3 Å². The fourth-order valence-corrected chi connectivity index (χ4v) is 2.13. The topological polar surface area (TPSA) is 73.9 Å². The minimum absolute atomic E-state index is 0.0277. The molecule has 0 saturated carbocycles. The smallest absolute Gasteiger partial charge is 0.266 e. The highest BCUT2D eigenvalue weighted by atomic mass is 32.2. The van der Waals surface area contributed by atoms with E-state index in [4.69, 9.17) is 14.3 Å². The first-order chi connectivity index (χ1) is 8.11. The molecule has 0 aliphatic heterocycles. The minimum Gasteiger partial charge on any atom is -0.495 e. The van der Waals surface area contributed by atoms with Gasteiger partial charge in [-0.25, -0.2) is 8.42 Å². The molecular weight excluding hydrogens is 246 g/mol. The Morgan fingerprint density at radius 2 is 1.88 bits per heavy atom. The average Bonchev–Trinajstić information content (AvgIpc) is 2.34. The van der Waals surface area contributed by atoms with Gasteiger partial charge in [-0.05, 0) is 12.1 Å². The van der Waals surface area contributed by atoms with Gasteiger partial charge in [0.1, 0.15) is 10.6 Å². The zero-order valence-corrected chi connectivity index (χ0v) is 10.5. The van der Waals surface area contributed by atoms with Crippen LogP contribution in [0.25, 0.3) is 0 Å². The fraction of sp³-hybridized carbons (Fsp3) is 0.400. The molecule has 1 N–H and O–H groups in total. The molecule has 0 heterocycles. The van der Waals surface area contributed by atoms with E-state index in [0.29, 0.717) is 6.61 Å². The van der Waals surface area contributed by atoms with E-state index in [0.717, 1.165) is 0 Å². The van der Waals surface area contributed by atoms with Crippen LogP contribution in [0, 0.1) is 0 Å². The number of sulfonamides is 1. The maximum absolute atomic E-state index is 11.8. The summed E-state index contributed by atoms with van der Waals surface area (Å²) in [7, 11) is -0.835. The average molecular weight is 261 g/mol. The second-order valence-electron chi connectivity index (χ2n) is 3.08. The third-order valence-corrected chi connectivity index (χ3v) is 3.17. The molecule has 0 spiro atoms. The molecule has 0 aliphatic carbocycles. The first kappa shape index (κ1) is 13.9. The summed E-state index contributed by atoms with van der Waals surface area (Å²) in [6, 6.07) is 6.28. The molecular formula is C10H15NO5S. The number of para-hydroxylation sites is 1. The van der Waals surface area contributed by atoms with E-state index in [9.17, 15) is 8.42 Å². The molecule has 0 fully saturated rings. The predicted octanol–water partition coefficient (Wildman–Crippen LogP) is 0.551. The van der Waals surface area contributed by atoms with Crippen LogP contribution in [0.2, 0.25) is 0 Å². The molecule has 1 aromatic rings. The summed E-state index contributed by atoms with van der Waals surface area (Å²) in [5.41, 5.74) is 0. The van der Waals surface area contributed by atoms with E-state index in [-0.39, 0.29) is 17.3 Å². The van der Waals surface area contributed by atoms with Crippen LogP contribution >= 0.6 is 0 Å². The summed E-state index contributed by atoms with van der Waals surface area (Å²) < 4.78 is 33.3. The molecule has 1 aromatic carbocycles. The lowest BCUT2D eigenvalue weighted by atomic mass is 10.3. The van der Waals surface area contributed by atoms with Gasteiger partial charge >= 0.3 is 0 Å². The second kappa shape index (κ2) is 6.55. The second-order valence-corrected chi connectivity index (χ2v) is 4.69. The number of hydrogen-bond donors (Lipinski definition) is 1. The van der Waals surface area contributed by atoms with Gasteiger partial charge in [-0.2, -0.15) is 0 Å². The van der Waals surface area contributed by atoms with Crippen molar-refractivity contribution in [1.29, 1.82) is 0 Å². The van der Waals surface area contributed by atoms with E-state index >= 15 is 0 Å². The Bertz CT molecular complexity index is 446. The predicted molar refractivity (Wildman–Crippen MR) is 61.1 cm³/mol. The van der Waals surface area contributed by atoms with Crippen LogP contribution in [-0.2, 0) is 19.6 Å².